The van der Waals surface area contributed by atoms with E-state index in [-0.39, 0.29) is 10.1 Å². The second-order valence-corrected chi connectivity index (χ2v) is 9.07. The molecule has 0 saturated heterocycles. The van der Waals surface area contributed by atoms with E-state index in [4.69, 9.17) is 10.7 Å². The number of hydrogen-bond donors (Lipinski definition) is 1. The number of amides is 1. The minimum absolute atomic E-state index is 0.0960. The van der Waals surface area contributed by atoms with Crippen LogP contribution in [-0.2, 0) is 20.3 Å². The van der Waals surface area contributed by atoms with Crippen LogP contribution >= 0.6 is 22.0 Å². The zero-order chi connectivity index (χ0) is 14.6. The van der Waals surface area contributed by atoms with Crippen LogP contribution in [0.3, 0.4) is 0 Å². The third-order valence-electron chi connectivity index (χ3n) is 3.52. The van der Waals surface area contributed by atoms with Gasteiger partial charge in [0.2, 0.25) is 5.91 Å². The third kappa shape index (κ3) is 4.75. The van der Waals surface area contributed by atoms with Crippen molar-refractivity contribution in [3.8, 4) is 0 Å². The summed E-state index contributed by atoms with van der Waals surface area (Å²) in [5, 5.41) is 2.89. The Morgan fingerprint density at radius 1 is 1.35 bits per heavy atom. The van der Waals surface area contributed by atoms with Gasteiger partial charge < -0.3 is 5.32 Å². The number of rotatable bonds is 6. The molecule has 4 nitrogen and oxygen atoms in total. The average molecular weight is 336 g/mol. The SMILES string of the molecule is O=C(CC1CCCC1)NCCc1ccc(S(=O)(=O)Cl)s1. The molecule has 7 heteroatoms. The van der Waals surface area contributed by atoms with E-state index >= 15 is 0 Å². The quantitative estimate of drug-likeness (QED) is 0.813. The number of thiophene rings is 1. The first-order valence-electron chi connectivity index (χ1n) is 6.75. The topological polar surface area (TPSA) is 63.2 Å². The number of carbonyl (C=O) groups excluding carboxylic acids is 1. The molecule has 0 unspecified atom stereocenters. The third-order valence-corrected chi connectivity index (χ3v) is 6.76. The summed E-state index contributed by atoms with van der Waals surface area (Å²) in [5.41, 5.74) is 0. The Bertz CT molecular complexity index is 562. The van der Waals surface area contributed by atoms with Crippen LogP contribution in [0.25, 0.3) is 0 Å². The summed E-state index contributed by atoms with van der Waals surface area (Å²) >= 11 is 1.15. The van der Waals surface area contributed by atoms with Gasteiger partial charge in [0.1, 0.15) is 4.21 Å². The first-order valence-corrected chi connectivity index (χ1v) is 9.88. The van der Waals surface area contributed by atoms with E-state index in [1.807, 2.05) is 0 Å². The monoisotopic (exact) mass is 335 g/mol. The molecular weight excluding hydrogens is 318 g/mol. The summed E-state index contributed by atoms with van der Waals surface area (Å²) < 4.78 is 22.4. The fraction of sp³-hybridized carbons (Fsp3) is 0.615. The maximum absolute atomic E-state index is 11.7. The maximum Gasteiger partial charge on any atom is 0.270 e. The summed E-state index contributed by atoms with van der Waals surface area (Å²) in [7, 11) is 1.63. The van der Waals surface area contributed by atoms with Crippen molar-refractivity contribution >= 4 is 37.0 Å². The first kappa shape index (κ1) is 15.8. The molecule has 0 aliphatic heterocycles. The molecule has 0 spiro atoms. The van der Waals surface area contributed by atoms with Crippen molar-refractivity contribution in [2.45, 2.75) is 42.7 Å². The van der Waals surface area contributed by atoms with Crippen LogP contribution in [0.15, 0.2) is 16.3 Å². The molecule has 0 bridgehead atoms. The maximum atomic E-state index is 11.7. The predicted octanol–water partition coefficient (Wildman–Crippen LogP) is 2.91. The van der Waals surface area contributed by atoms with Crippen LogP contribution in [0.1, 0.15) is 37.0 Å². The molecule has 1 aliphatic rings. The molecule has 0 aromatic carbocycles. The Balaban J connectivity index is 1.72. The molecule has 1 amide bonds. The molecule has 1 saturated carbocycles. The van der Waals surface area contributed by atoms with Gasteiger partial charge in [-0.25, -0.2) is 8.42 Å². The Kier molecular flexibility index (Phi) is 5.46. The van der Waals surface area contributed by atoms with Gasteiger partial charge in [0.25, 0.3) is 9.05 Å². The van der Waals surface area contributed by atoms with Crippen molar-refractivity contribution in [1.29, 1.82) is 0 Å². The highest BCUT2D eigenvalue weighted by Gasteiger charge is 2.18. The lowest BCUT2D eigenvalue weighted by molar-refractivity contribution is -0.121. The number of hydrogen-bond acceptors (Lipinski definition) is 4. The predicted molar refractivity (Wildman–Crippen MR) is 80.6 cm³/mol. The van der Waals surface area contributed by atoms with Crippen LogP contribution < -0.4 is 5.32 Å². The van der Waals surface area contributed by atoms with E-state index in [2.05, 4.69) is 5.32 Å². The standard InChI is InChI=1S/C13H18ClNO3S2/c14-20(17,18)13-6-5-11(19-13)7-8-15-12(16)9-10-3-1-2-4-10/h5-6,10H,1-4,7-9H2,(H,15,16). The van der Waals surface area contributed by atoms with Crippen molar-refractivity contribution in [1.82, 2.24) is 5.32 Å². The smallest absolute Gasteiger partial charge is 0.270 e. The van der Waals surface area contributed by atoms with Crippen LogP contribution in [0.5, 0.6) is 0 Å². The lowest BCUT2D eigenvalue weighted by Crippen LogP contribution is -2.26. The van der Waals surface area contributed by atoms with Crippen molar-refractivity contribution < 1.29 is 13.2 Å². The first-order chi connectivity index (χ1) is 9.45. The molecule has 1 aliphatic carbocycles. The normalized spacial score (nSPS) is 16.4. The number of carbonyl (C=O) groups is 1. The molecule has 1 heterocycles. The summed E-state index contributed by atoms with van der Waals surface area (Å²) in [6.07, 6.45) is 6.05. The molecule has 112 valence electrons. The molecule has 2 rings (SSSR count). The van der Waals surface area contributed by atoms with Crippen LogP contribution in [0.2, 0.25) is 0 Å². The molecule has 1 aromatic heterocycles. The van der Waals surface area contributed by atoms with E-state index in [9.17, 15) is 13.2 Å². The Morgan fingerprint density at radius 3 is 2.65 bits per heavy atom. The van der Waals surface area contributed by atoms with Crippen LogP contribution in [-0.4, -0.2) is 20.9 Å². The Morgan fingerprint density at radius 2 is 2.05 bits per heavy atom. The lowest BCUT2D eigenvalue weighted by atomic mass is 10.0. The lowest BCUT2D eigenvalue weighted by Gasteiger charge is -2.08. The highest BCUT2D eigenvalue weighted by molar-refractivity contribution is 8.15. The van der Waals surface area contributed by atoms with Gasteiger partial charge in [-0.3, -0.25) is 4.79 Å². The molecule has 1 aromatic rings. The van der Waals surface area contributed by atoms with E-state index in [0.29, 0.717) is 25.3 Å². The molecular formula is C13H18ClNO3S2. The number of nitrogens with one attached hydrogen (secondary N) is 1. The van der Waals surface area contributed by atoms with Gasteiger partial charge in [-0.05, 0) is 37.3 Å². The van der Waals surface area contributed by atoms with Crippen molar-refractivity contribution in [3.63, 3.8) is 0 Å². The van der Waals surface area contributed by atoms with Crippen LogP contribution in [0, 0.1) is 5.92 Å². The second-order valence-electron chi connectivity index (χ2n) is 5.11. The summed E-state index contributed by atoms with van der Waals surface area (Å²) in [4.78, 5) is 12.6. The summed E-state index contributed by atoms with van der Waals surface area (Å²) in [6, 6.07) is 3.24. The van der Waals surface area contributed by atoms with E-state index in [1.54, 1.807) is 6.07 Å². The largest absolute Gasteiger partial charge is 0.356 e. The van der Waals surface area contributed by atoms with Gasteiger partial charge in [0, 0.05) is 28.5 Å². The molecule has 1 N–H and O–H groups in total. The van der Waals surface area contributed by atoms with Crippen molar-refractivity contribution in [2.24, 2.45) is 5.92 Å². The fourth-order valence-corrected chi connectivity index (χ4v) is 4.62. The minimum atomic E-state index is -3.64. The molecule has 0 atom stereocenters. The molecule has 0 radical (unpaired) electrons. The fourth-order valence-electron chi connectivity index (χ4n) is 2.50. The Labute approximate surface area is 127 Å². The van der Waals surface area contributed by atoms with Gasteiger partial charge in [-0.15, -0.1) is 11.3 Å². The van der Waals surface area contributed by atoms with Crippen LogP contribution in [0.4, 0.5) is 0 Å². The minimum Gasteiger partial charge on any atom is -0.356 e. The van der Waals surface area contributed by atoms with E-state index in [0.717, 1.165) is 29.1 Å². The van der Waals surface area contributed by atoms with Gasteiger partial charge in [0.05, 0.1) is 0 Å². The highest BCUT2D eigenvalue weighted by Crippen LogP contribution is 2.27. The highest BCUT2D eigenvalue weighted by atomic mass is 35.7. The zero-order valence-electron chi connectivity index (χ0n) is 11.1. The summed E-state index contributed by atoms with van der Waals surface area (Å²) in [5.74, 6) is 0.642. The Hall–Kier alpha value is -0.590. The second kappa shape index (κ2) is 6.91. The number of halogens is 1. The zero-order valence-corrected chi connectivity index (χ0v) is 13.5. The van der Waals surface area contributed by atoms with Crippen molar-refractivity contribution in [2.75, 3.05) is 6.54 Å². The molecule has 20 heavy (non-hydrogen) atoms. The van der Waals surface area contributed by atoms with E-state index < -0.39 is 9.05 Å². The van der Waals surface area contributed by atoms with Gasteiger partial charge in [-0.2, -0.15) is 0 Å². The molecule has 1 fully saturated rings. The average Bonchev–Trinajstić information content (AvgIpc) is 2.98. The summed E-state index contributed by atoms with van der Waals surface area (Å²) in [6.45, 7) is 0.536. The van der Waals surface area contributed by atoms with Gasteiger partial charge >= 0.3 is 0 Å². The van der Waals surface area contributed by atoms with E-state index in [1.165, 1.54) is 18.9 Å². The van der Waals surface area contributed by atoms with Crippen molar-refractivity contribution in [3.05, 3.63) is 17.0 Å². The van der Waals surface area contributed by atoms with Gasteiger partial charge in [-0.1, -0.05) is 12.8 Å². The van der Waals surface area contributed by atoms with Gasteiger partial charge in [0.15, 0.2) is 0 Å².